The zero-order valence-electron chi connectivity index (χ0n) is 16.9. The summed E-state index contributed by atoms with van der Waals surface area (Å²) in [7, 11) is -3.86. The van der Waals surface area contributed by atoms with Crippen LogP contribution in [0.15, 0.2) is 65.8 Å². The summed E-state index contributed by atoms with van der Waals surface area (Å²) in [5.74, 6) is -0.278. The van der Waals surface area contributed by atoms with E-state index in [9.17, 15) is 13.2 Å². The Labute approximate surface area is 175 Å². The molecule has 4 rings (SSSR count). The first kappa shape index (κ1) is 19.8. The summed E-state index contributed by atoms with van der Waals surface area (Å²) in [5, 5.41) is 0.686. The van der Waals surface area contributed by atoms with E-state index in [1.165, 1.54) is 0 Å². The van der Waals surface area contributed by atoms with Gasteiger partial charge < -0.3 is 4.98 Å². The summed E-state index contributed by atoms with van der Waals surface area (Å²) >= 11 is 0. The standard InChI is InChI=1S/C23H21N3O3S/c1-14-4-7-20(22(27)18-8-10-24-23-19(18)9-11-25-23)21(12-14)26-30(28,29)17-6-5-15(2)16(3)13-17/h4-13,26H,1-3H3,(H,24,25). The molecule has 0 spiro atoms. The molecule has 0 amide bonds. The number of fused-ring (bicyclic) bond motifs is 1. The van der Waals surface area contributed by atoms with Crippen molar-refractivity contribution in [2.75, 3.05) is 4.72 Å². The molecule has 2 heterocycles. The maximum Gasteiger partial charge on any atom is 0.261 e. The van der Waals surface area contributed by atoms with Crippen LogP contribution in [0.25, 0.3) is 11.0 Å². The van der Waals surface area contributed by atoms with Gasteiger partial charge in [-0.3, -0.25) is 9.52 Å². The molecule has 6 nitrogen and oxygen atoms in total. The lowest BCUT2D eigenvalue weighted by molar-refractivity contribution is 0.104. The van der Waals surface area contributed by atoms with Gasteiger partial charge in [0.15, 0.2) is 5.78 Å². The Morgan fingerprint density at radius 2 is 1.73 bits per heavy atom. The van der Waals surface area contributed by atoms with E-state index in [-0.39, 0.29) is 21.9 Å². The molecule has 0 bridgehead atoms. The third kappa shape index (κ3) is 3.59. The van der Waals surface area contributed by atoms with E-state index in [1.54, 1.807) is 60.9 Å². The molecule has 7 heteroatoms. The van der Waals surface area contributed by atoms with E-state index in [4.69, 9.17) is 0 Å². The Hall–Kier alpha value is -3.45. The molecular formula is C23H21N3O3S. The number of nitrogens with one attached hydrogen (secondary N) is 2. The summed E-state index contributed by atoms with van der Waals surface area (Å²) in [6, 6.07) is 13.5. The van der Waals surface area contributed by atoms with Crippen molar-refractivity contribution in [1.82, 2.24) is 9.97 Å². The Morgan fingerprint density at radius 1 is 0.933 bits per heavy atom. The van der Waals surface area contributed by atoms with Crippen molar-refractivity contribution in [3.8, 4) is 0 Å². The van der Waals surface area contributed by atoms with Crippen molar-refractivity contribution in [1.29, 1.82) is 0 Å². The second kappa shape index (κ2) is 7.42. The number of anilines is 1. The number of sulfonamides is 1. The minimum Gasteiger partial charge on any atom is -0.346 e. The molecule has 0 saturated heterocycles. The lowest BCUT2D eigenvalue weighted by atomic mass is 9.99. The first-order chi connectivity index (χ1) is 14.3. The molecule has 4 aromatic rings. The number of ketones is 1. The molecule has 0 saturated carbocycles. The topological polar surface area (TPSA) is 91.9 Å². The lowest BCUT2D eigenvalue weighted by Gasteiger charge is -2.14. The fourth-order valence-corrected chi connectivity index (χ4v) is 4.48. The molecule has 2 aromatic carbocycles. The van der Waals surface area contributed by atoms with E-state index >= 15 is 0 Å². The molecule has 0 unspecified atom stereocenters. The summed E-state index contributed by atoms with van der Waals surface area (Å²) in [5.41, 5.74) is 4.31. The van der Waals surface area contributed by atoms with Crippen LogP contribution < -0.4 is 4.72 Å². The van der Waals surface area contributed by atoms with Gasteiger partial charge in [0.1, 0.15) is 5.65 Å². The zero-order chi connectivity index (χ0) is 21.5. The molecule has 0 aliphatic heterocycles. The average Bonchev–Trinajstić information content (AvgIpc) is 3.18. The number of carbonyl (C=O) groups is 1. The highest BCUT2D eigenvalue weighted by molar-refractivity contribution is 7.92. The number of nitrogens with zero attached hydrogens (tertiary/aromatic N) is 1. The van der Waals surface area contributed by atoms with Gasteiger partial charge in [0.05, 0.1) is 10.6 Å². The van der Waals surface area contributed by atoms with E-state index < -0.39 is 10.0 Å². The minimum atomic E-state index is -3.86. The zero-order valence-corrected chi connectivity index (χ0v) is 17.7. The SMILES string of the molecule is Cc1ccc(C(=O)c2ccnc3[nH]ccc23)c(NS(=O)(=O)c2ccc(C)c(C)c2)c1. The molecular weight excluding hydrogens is 398 g/mol. The first-order valence-corrected chi connectivity index (χ1v) is 10.9. The van der Waals surface area contributed by atoms with E-state index in [1.807, 2.05) is 20.8 Å². The van der Waals surface area contributed by atoms with Crippen molar-refractivity contribution in [3.63, 3.8) is 0 Å². The molecule has 2 aromatic heterocycles. The van der Waals surface area contributed by atoms with Crippen LogP contribution >= 0.6 is 0 Å². The molecule has 30 heavy (non-hydrogen) atoms. The summed E-state index contributed by atoms with van der Waals surface area (Å²) < 4.78 is 28.7. The number of pyridine rings is 1. The minimum absolute atomic E-state index is 0.155. The normalized spacial score (nSPS) is 11.6. The van der Waals surface area contributed by atoms with Gasteiger partial charge in [-0.2, -0.15) is 0 Å². The second-order valence-electron chi connectivity index (χ2n) is 7.33. The van der Waals surface area contributed by atoms with Gasteiger partial charge in [-0.15, -0.1) is 0 Å². The van der Waals surface area contributed by atoms with Crippen molar-refractivity contribution in [3.05, 3.63) is 88.7 Å². The molecule has 2 N–H and O–H groups in total. The molecule has 0 aliphatic rings. The maximum absolute atomic E-state index is 13.3. The quantitative estimate of drug-likeness (QED) is 0.465. The summed E-state index contributed by atoms with van der Waals surface area (Å²) in [6.45, 7) is 5.63. The fourth-order valence-electron chi connectivity index (χ4n) is 3.33. The maximum atomic E-state index is 13.3. The number of hydrogen-bond acceptors (Lipinski definition) is 4. The van der Waals surface area contributed by atoms with Gasteiger partial charge in [-0.25, -0.2) is 13.4 Å². The van der Waals surface area contributed by atoms with Crippen LogP contribution in [-0.2, 0) is 10.0 Å². The molecule has 0 radical (unpaired) electrons. The Balaban J connectivity index is 1.78. The Morgan fingerprint density at radius 3 is 2.50 bits per heavy atom. The Bertz CT molecular complexity index is 1390. The van der Waals surface area contributed by atoms with Gasteiger partial charge in [-0.05, 0) is 73.9 Å². The Kier molecular flexibility index (Phi) is 4.91. The number of aryl methyl sites for hydroxylation is 3. The first-order valence-electron chi connectivity index (χ1n) is 9.44. The number of benzene rings is 2. The number of aromatic amines is 1. The summed E-state index contributed by atoms with van der Waals surface area (Å²) in [4.78, 5) is 20.7. The number of carbonyl (C=O) groups excluding carboxylic acids is 1. The average molecular weight is 420 g/mol. The van der Waals surface area contributed by atoms with Crippen molar-refractivity contribution in [2.45, 2.75) is 25.7 Å². The van der Waals surface area contributed by atoms with Gasteiger partial charge >= 0.3 is 0 Å². The van der Waals surface area contributed by atoms with Crippen LogP contribution in [0, 0.1) is 20.8 Å². The van der Waals surface area contributed by atoms with Gasteiger partial charge in [0, 0.05) is 28.9 Å². The van der Waals surface area contributed by atoms with Crippen molar-refractivity contribution in [2.24, 2.45) is 0 Å². The van der Waals surface area contributed by atoms with Gasteiger partial charge in [0.25, 0.3) is 10.0 Å². The monoisotopic (exact) mass is 419 g/mol. The lowest BCUT2D eigenvalue weighted by Crippen LogP contribution is -2.16. The van der Waals surface area contributed by atoms with E-state index in [0.717, 1.165) is 16.7 Å². The molecule has 152 valence electrons. The molecule has 0 fully saturated rings. The third-order valence-corrected chi connectivity index (χ3v) is 6.52. The molecule has 0 atom stereocenters. The predicted molar refractivity (Wildman–Crippen MR) is 117 cm³/mol. The highest BCUT2D eigenvalue weighted by Crippen LogP contribution is 2.27. The third-order valence-electron chi connectivity index (χ3n) is 5.16. The van der Waals surface area contributed by atoms with Crippen molar-refractivity contribution < 1.29 is 13.2 Å². The van der Waals surface area contributed by atoms with Crippen LogP contribution in [0.5, 0.6) is 0 Å². The highest BCUT2D eigenvalue weighted by atomic mass is 32.2. The second-order valence-corrected chi connectivity index (χ2v) is 9.01. The fraction of sp³-hybridized carbons (Fsp3) is 0.130. The van der Waals surface area contributed by atoms with Gasteiger partial charge in [-0.1, -0.05) is 12.1 Å². The van der Waals surface area contributed by atoms with Crippen LogP contribution in [0.2, 0.25) is 0 Å². The van der Waals surface area contributed by atoms with Crippen LogP contribution in [0.1, 0.15) is 32.6 Å². The van der Waals surface area contributed by atoms with Crippen LogP contribution in [0.4, 0.5) is 5.69 Å². The number of hydrogen-bond donors (Lipinski definition) is 2. The summed E-state index contributed by atoms with van der Waals surface area (Å²) in [6.07, 6.45) is 3.27. The highest BCUT2D eigenvalue weighted by Gasteiger charge is 2.21. The van der Waals surface area contributed by atoms with Crippen LogP contribution in [-0.4, -0.2) is 24.2 Å². The smallest absolute Gasteiger partial charge is 0.261 e. The van der Waals surface area contributed by atoms with Crippen molar-refractivity contribution >= 4 is 32.5 Å². The van der Waals surface area contributed by atoms with Gasteiger partial charge in [0.2, 0.25) is 0 Å². The van der Waals surface area contributed by atoms with E-state index in [2.05, 4.69) is 14.7 Å². The number of H-pyrrole nitrogens is 1. The largest absolute Gasteiger partial charge is 0.346 e. The van der Waals surface area contributed by atoms with Crippen LogP contribution in [0.3, 0.4) is 0 Å². The number of aromatic nitrogens is 2. The molecule has 0 aliphatic carbocycles. The number of rotatable bonds is 5. The van der Waals surface area contributed by atoms with E-state index in [0.29, 0.717) is 16.6 Å². The predicted octanol–water partition coefficient (Wildman–Crippen LogP) is 4.52.